The molecule has 0 aliphatic rings. The second-order valence-electron chi connectivity index (χ2n) is 4.47. The van der Waals surface area contributed by atoms with E-state index in [9.17, 15) is 4.79 Å². The number of methoxy groups -OCH3 is 3. The molecule has 0 heterocycles. The highest BCUT2D eigenvalue weighted by atomic mass is 16.5. The lowest BCUT2D eigenvalue weighted by atomic mass is 10.1. The van der Waals surface area contributed by atoms with Crippen molar-refractivity contribution in [3.63, 3.8) is 0 Å². The van der Waals surface area contributed by atoms with Gasteiger partial charge in [-0.25, -0.2) is 0 Å². The summed E-state index contributed by atoms with van der Waals surface area (Å²) in [5, 5.41) is 0. The van der Waals surface area contributed by atoms with E-state index in [4.69, 9.17) is 19.9 Å². The number of hydrogen-bond acceptors (Lipinski definition) is 5. The maximum absolute atomic E-state index is 12.4. The Bertz CT molecular complexity index is 451. The SMILES string of the molecule is COCC(N)CN(C)C(=O)c1ccc(OC)cc1OC. The Morgan fingerprint density at radius 2 is 2.00 bits per heavy atom. The summed E-state index contributed by atoms with van der Waals surface area (Å²) in [6, 6.07) is 4.85. The number of nitrogens with zero attached hydrogens (tertiary/aromatic N) is 1. The molecule has 1 rings (SSSR count). The fraction of sp³-hybridized carbons (Fsp3) is 0.500. The van der Waals surface area contributed by atoms with E-state index in [2.05, 4.69) is 0 Å². The van der Waals surface area contributed by atoms with Gasteiger partial charge >= 0.3 is 0 Å². The van der Waals surface area contributed by atoms with E-state index in [1.807, 2.05) is 0 Å². The lowest BCUT2D eigenvalue weighted by Gasteiger charge is -2.22. The molecule has 0 aliphatic heterocycles. The number of rotatable bonds is 7. The van der Waals surface area contributed by atoms with Crippen molar-refractivity contribution in [2.75, 3.05) is 41.5 Å². The van der Waals surface area contributed by atoms with Crippen LogP contribution in [0.4, 0.5) is 0 Å². The number of carbonyl (C=O) groups excluding carboxylic acids is 1. The van der Waals surface area contributed by atoms with Crippen LogP contribution in [0, 0.1) is 0 Å². The van der Waals surface area contributed by atoms with Crippen molar-refractivity contribution < 1.29 is 19.0 Å². The minimum atomic E-state index is -0.224. The van der Waals surface area contributed by atoms with Crippen LogP contribution in [0.1, 0.15) is 10.4 Å². The van der Waals surface area contributed by atoms with Gasteiger partial charge in [-0.15, -0.1) is 0 Å². The molecule has 0 aromatic heterocycles. The molecule has 1 atom stereocenters. The van der Waals surface area contributed by atoms with Gasteiger partial charge in [-0.3, -0.25) is 4.79 Å². The summed E-state index contributed by atoms with van der Waals surface area (Å²) in [6.45, 7) is 0.805. The lowest BCUT2D eigenvalue weighted by molar-refractivity contribution is 0.0761. The maximum Gasteiger partial charge on any atom is 0.257 e. The van der Waals surface area contributed by atoms with Crippen LogP contribution in [0.2, 0.25) is 0 Å². The highest BCUT2D eigenvalue weighted by molar-refractivity contribution is 5.97. The number of hydrogen-bond donors (Lipinski definition) is 1. The Labute approximate surface area is 119 Å². The van der Waals surface area contributed by atoms with Crippen LogP contribution in [-0.4, -0.2) is 58.4 Å². The van der Waals surface area contributed by atoms with E-state index >= 15 is 0 Å². The zero-order valence-electron chi connectivity index (χ0n) is 12.4. The molecule has 1 amide bonds. The zero-order chi connectivity index (χ0) is 15.1. The van der Waals surface area contributed by atoms with E-state index < -0.39 is 0 Å². The van der Waals surface area contributed by atoms with Gasteiger partial charge in [0.1, 0.15) is 11.5 Å². The number of nitrogens with two attached hydrogens (primary N) is 1. The third-order valence-corrected chi connectivity index (χ3v) is 2.87. The average molecular weight is 282 g/mol. The molecular formula is C14H22N2O4. The van der Waals surface area contributed by atoms with Crippen LogP contribution in [0.5, 0.6) is 11.5 Å². The molecular weight excluding hydrogens is 260 g/mol. The van der Waals surface area contributed by atoms with Crippen molar-refractivity contribution >= 4 is 5.91 Å². The van der Waals surface area contributed by atoms with Crippen molar-refractivity contribution in [3.8, 4) is 11.5 Å². The number of benzene rings is 1. The predicted molar refractivity (Wildman–Crippen MR) is 76.4 cm³/mol. The first-order chi connectivity index (χ1) is 9.53. The molecule has 112 valence electrons. The number of likely N-dealkylation sites (N-methyl/N-ethyl adjacent to an activating group) is 1. The Balaban J connectivity index is 2.85. The molecule has 0 saturated carbocycles. The molecule has 0 aliphatic carbocycles. The predicted octanol–water partition coefficient (Wildman–Crippen LogP) is 0.750. The Morgan fingerprint density at radius 1 is 1.30 bits per heavy atom. The van der Waals surface area contributed by atoms with Crippen LogP contribution in [0.3, 0.4) is 0 Å². The number of amides is 1. The number of carbonyl (C=O) groups is 1. The van der Waals surface area contributed by atoms with Crippen molar-refractivity contribution in [1.82, 2.24) is 4.90 Å². The molecule has 2 N–H and O–H groups in total. The van der Waals surface area contributed by atoms with E-state index in [1.54, 1.807) is 44.4 Å². The summed E-state index contributed by atoms with van der Waals surface area (Å²) in [5.41, 5.74) is 6.32. The van der Waals surface area contributed by atoms with E-state index in [1.165, 1.54) is 7.11 Å². The van der Waals surface area contributed by atoms with Crippen LogP contribution >= 0.6 is 0 Å². The number of ether oxygens (including phenoxy) is 3. The van der Waals surface area contributed by atoms with Crippen LogP contribution in [0.25, 0.3) is 0 Å². The minimum Gasteiger partial charge on any atom is -0.497 e. The molecule has 0 bridgehead atoms. The van der Waals surface area contributed by atoms with E-state index in [-0.39, 0.29) is 11.9 Å². The van der Waals surface area contributed by atoms with Crippen molar-refractivity contribution in [2.45, 2.75) is 6.04 Å². The third-order valence-electron chi connectivity index (χ3n) is 2.87. The minimum absolute atomic E-state index is 0.156. The van der Waals surface area contributed by atoms with Gasteiger partial charge in [-0.1, -0.05) is 0 Å². The first-order valence-corrected chi connectivity index (χ1v) is 6.25. The average Bonchev–Trinajstić information content (AvgIpc) is 2.45. The molecule has 20 heavy (non-hydrogen) atoms. The van der Waals surface area contributed by atoms with Gasteiger partial charge in [-0.05, 0) is 12.1 Å². The van der Waals surface area contributed by atoms with Gasteiger partial charge in [-0.2, -0.15) is 0 Å². The highest BCUT2D eigenvalue weighted by Crippen LogP contribution is 2.25. The van der Waals surface area contributed by atoms with Gasteiger partial charge < -0.3 is 24.8 Å². The summed E-state index contributed by atoms with van der Waals surface area (Å²) in [6.07, 6.45) is 0. The molecule has 1 unspecified atom stereocenters. The van der Waals surface area contributed by atoms with Crippen LogP contribution < -0.4 is 15.2 Å². The maximum atomic E-state index is 12.4. The van der Waals surface area contributed by atoms with E-state index in [0.717, 1.165) is 0 Å². The molecule has 1 aromatic rings. The molecule has 0 fully saturated rings. The first-order valence-electron chi connectivity index (χ1n) is 6.25. The molecule has 0 spiro atoms. The van der Waals surface area contributed by atoms with Gasteiger partial charge in [0.25, 0.3) is 5.91 Å². The van der Waals surface area contributed by atoms with E-state index in [0.29, 0.717) is 30.2 Å². The normalized spacial score (nSPS) is 11.8. The topological polar surface area (TPSA) is 74.0 Å². The van der Waals surface area contributed by atoms with Crippen LogP contribution in [0.15, 0.2) is 18.2 Å². The quantitative estimate of drug-likeness (QED) is 0.799. The Kier molecular flexibility index (Phi) is 6.27. The molecule has 6 heteroatoms. The van der Waals surface area contributed by atoms with Crippen molar-refractivity contribution in [1.29, 1.82) is 0 Å². The van der Waals surface area contributed by atoms with Crippen molar-refractivity contribution in [3.05, 3.63) is 23.8 Å². The third kappa shape index (κ3) is 4.11. The zero-order valence-corrected chi connectivity index (χ0v) is 12.4. The van der Waals surface area contributed by atoms with Crippen LogP contribution in [-0.2, 0) is 4.74 Å². The smallest absolute Gasteiger partial charge is 0.257 e. The first kappa shape index (κ1) is 16.3. The summed E-state index contributed by atoms with van der Waals surface area (Å²) < 4.78 is 15.3. The largest absolute Gasteiger partial charge is 0.497 e. The summed E-state index contributed by atoms with van der Waals surface area (Å²) in [4.78, 5) is 13.9. The molecule has 1 aromatic carbocycles. The summed E-state index contributed by atoms with van der Waals surface area (Å²) >= 11 is 0. The lowest BCUT2D eigenvalue weighted by Crippen LogP contribution is -2.41. The second kappa shape index (κ2) is 7.72. The van der Waals surface area contributed by atoms with Gasteiger partial charge in [0.05, 0.1) is 26.4 Å². The van der Waals surface area contributed by atoms with Gasteiger partial charge in [0, 0.05) is 32.8 Å². The molecule has 6 nitrogen and oxygen atoms in total. The second-order valence-corrected chi connectivity index (χ2v) is 4.47. The highest BCUT2D eigenvalue weighted by Gasteiger charge is 2.19. The fourth-order valence-corrected chi connectivity index (χ4v) is 1.88. The van der Waals surface area contributed by atoms with Gasteiger partial charge in [0.15, 0.2) is 0 Å². The Hall–Kier alpha value is -1.79. The fourth-order valence-electron chi connectivity index (χ4n) is 1.88. The monoisotopic (exact) mass is 282 g/mol. The summed E-state index contributed by atoms with van der Waals surface area (Å²) in [7, 11) is 6.35. The van der Waals surface area contributed by atoms with Crippen molar-refractivity contribution in [2.24, 2.45) is 5.73 Å². The Morgan fingerprint density at radius 3 is 2.55 bits per heavy atom. The summed E-state index contributed by atoms with van der Waals surface area (Å²) in [5.74, 6) is 0.953. The molecule has 0 radical (unpaired) electrons. The molecule has 0 saturated heterocycles. The standard InChI is InChI=1S/C14H22N2O4/c1-16(8-10(15)9-18-2)14(17)12-6-5-11(19-3)7-13(12)20-4/h5-7,10H,8-9,15H2,1-4H3. The van der Waals surface area contributed by atoms with Gasteiger partial charge in [0.2, 0.25) is 0 Å².